The van der Waals surface area contributed by atoms with Crippen LogP contribution in [0.15, 0.2) is 42.5 Å². The van der Waals surface area contributed by atoms with Crippen molar-refractivity contribution in [1.82, 2.24) is 10.4 Å². The molecule has 0 aliphatic rings. The monoisotopic (exact) mass is 281 g/mol. The molecule has 0 saturated carbocycles. The minimum atomic E-state index is -0.425. The summed E-state index contributed by atoms with van der Waals surface area (Å²) in [5.41, 5.74) is 4.57. The lowest BCUT2D eigenvalue weighted by atomic mass is 10.2. The highest BCUT2D eigenvalue weighted by atomic mass is 16.2. The van der Waals surface area contributed by atoms with E-state index >= 15 is 0 Å². The molecular weight excluding hydrogens is 266 g/mol. The molecule has 2 aromatic rings. The predicted octanol–water partition coefficient (Wildman–Crippen LogP) is 1.19. The molecule has 0 radical (unpaired) electrons. The molecular formula is C15H15N5O. The standard InChI is InChI=1S/C15H15N5O/c1-20(13-6-2-4-11(8-13)9-16)10-12-5-3-7-14(18-12)15(21)19-17/h2-8H,10,17H2,1H3,(H,19,21). The van der Waals surface area contributed by atoms with Crippen molar-refractivity contribution in [3.8, 4) is 6.07 Å². The molecule has 6 nitrogen and oxygen atoms in total. The van der Waals surface area contributed by atoms with Crippen LogP contribution in [0.1, 0.15) is 21.7 Å². The first-order valence-electron chi connectivity index (χ1n) is 6.32. The second-order valence-electron chi connectivity index (χ2n) is 4.51. The highest BCUT2D eigenvalue weighted by Gasteiger charge is 2.08. The Labute approximate surface area is 122 Å². The summed E-state index contributed by atoms with van der Waals surface area (Å²) in [6, 6.07) is 14.6. The molecule has 0 aliphatic heterocycles. The van der Waals surface area contributed by atoms with Gasteiger partial charge in [0, 0.05) is 12.7 Å². The number of nitrogens with two attached hydrogens (primary N) is 1. The van der Waals surface area contributed by atoms with E-state index in [1.165, 1.54) is 0 Å². The van der Waals surface area contributed by atoms with E-state index < -0.39 is 5.91 Å². The Kier molecular flexibility index (Phi) is 4.49. The fourth-order valence-electron chi connectivity index (χ4n) is 1.92. The summed E-state index contributed by atoms with van der Waals surface area (Å²) in [5, 5.41) is 8.92. The fraction of sp³-hybridized carbons (Fsp3) is 0.133. The fourth-order valence-corrected chi connectivity index (χ4v) is 1.92. The second kappa shape index (κ2) is 6.50. The van der Waals surface area contributed by atoms with E-state index in [0.717, 1.165) is 11.4 Å². The van der Waals surface area contributed by atoms with Crippen LogP contribution < -0.4 is 16.2 Å². The Hall–Kier alpha value is -2.91. The van der Waals surface area contributed by atoms with Gasteiger partial charge in [-0.2, -0.15) is 5.26 Å². The smallest absolute Gasteiger partial charge is 0.283 e. The van der Waals surface area contributed by atoms with Crippen molar-refractivity contribution in [1.29, 1.82) is 5.26 Å². The molecule has 0 bridgehead atoms. The van der Waals surface area contributed by atoms with Gasteiger partial charge in [-0.25, -0.2) is 10.8 Å². The molecule has 1 aromatic carbocycles. The summed E-state index contributed by atoms with van der Waals surface area (Å²) in [4.78, 5) is 17.7. The van der Waals surface area contributed by atoms with E-state index in [2.05, 4.69) is 16.5 Å². The normalized spacial score (nSPS) is 9.76. The third kappa shape index (κ3) is 3.55. The number of rotatable bonds is 4. The van der Waals surface area contributed by atoms with Crippen LogP contribution in [0.3, 0.4) is 0 Å². The van der Waals surface area contributed by atoms with E-state index in [1.54, 1.807) is 24.3 Å². The summed E-state index contributed by atoms with van der Waals surface area (Å²) in [6.07, 6.45) is 0. The van der Waals surface area contributed by atoms with Crippen LogP contribution >= 0.6 is 0 Å². The van der Waals surface area contributed by atoms with Gasteiger partial charge in [0.15, 0.2) is 0 Å². The maximum Gasteiger partial charge on any atom is 0.283 e. The number of amides is 1. The summed E-state index contributed by atoms with van der Waals surface area (Å²) in [5.74, 6) is 4.67. The van der Waals surface area contributed by atoms with Gasteiger partial charge in [-0.1, -0.05) is 12.1 Å². The average Bonchev–Trinajstić information content (AvgIpc) is 2.54. The molecule has 0 atom stereocenters. The van der Waals surface area contributed by atoms with Crippen molar-refractivity contribution >= 4 is 11.6 Å². The van der Waals surface area contributed by atoms with E-state index in [-0.39, 0.29) is 5.69 Å². The molecule has 2 rings (SSSR count). The lowest BCUT2D eigenvalue weighted by Crippen LogP contribution is -2.31. The Bertz CT molecular complexity index is 692. The second-order valence-corrected chi connectivity index (χ2v) is 4.51. The summed E-state index contributed by atoms with van der Waals surface area (Å²) in [6.45, 7) is 0.514. The Morgan fingerprint density at radius 1 is 1.38 bits per heavy atom. The molecule has 0 fully saturated rings. The molecule has 0 spiro atoms. The van der Waals surface area contributed by atoms with Gasteiger partial charge in [0.25, 0.3) is 5.91 Å². The number of nitrogens with one attached hydrogen (secondary N) is 1. The quantitative estimate of drug-likeness (QED) is 0.498. The minimum absolute atomic E-state index is 0.272. The van der Waals surface area contributed by atoms with Gasteiger partial charge in [0.1, 0.15) is 5.69 Å². The molecule has 3 N–H and O–H groups in total. The lowest BCUT2D eigenvalue weighted by molar-refractivity contribution is 0.0948. The lowest BCUT2D eigenvalue weighted by Gasteiger charge is -2.19. The van der Waals surface area contributed by atoms with Crippen molar-refractivity contribution in [2.75, 3.05) is 11.9 Å². The number of hydrogen-bond acceptors (Lipinski definition) is 5. The van der Waals surface area contributed by atoms with Crippen molar-refractivity contribution in [2.24, 2.45) is 5.84 Å². The molecule has 1 aromatic heterocycles. The van der Waals surface area contributed by atoms with Crippen LogP contribution in [-0.2, 0) is 6.54 Å². The summed E-state index contributed by atoms with van der Waals surface area (Å²) >= 11 is 0. The van der Waals surface area contributed by atoms with Crippen molar-refractivity contribution in [3.05, 3.63) is 59.4 Å². The Balaban J connectivity index is 2.17. The molecule has 106 valence electrons. The third-order valence-corrected chi connectivity index (χ3v) is 2.99. The van der Waals surface area contributed by atoms with Gasteiger partial charge in [-0.05, 0) is 30.3 Å². The van der Waals surface area contributed by atoms with E-state index in [9.17, 15) is 4.79 Å². The van der Waals surface area contributed by atoms with E-state index in [4.69, 9.17) is 11.1 Å². The van der Waals surface area contributed by atoms with Crippen LogP contribution in [0.5, 0.6) is 0 Å². The van der Waals surface area contributed by atoms with E-state index in [0.29, 0.717) is 12.1 Å². The molecule has 0 saturated heterocycles. The Morgan fingerprint density at radius 3 is 2.86 bits per heavy atom. The zero-order valence-corrected chi connectivity index (χ0v) is 11.6. The number of hydrazine groups is 1. The molecule has 1 amide bonds. The van der Waals surface area contributed by atoms with Crippen LogP contribution in [0.25, 0.3) is 0 Å². The first-order chi connectivity index (χ1) is 10.1. The Morgan fingerprint density at radius 2 is 2.14 bits per heavy atom. The first kappa shape index (κ1) is 14.5. The van der Waals surface area contributed by atoms with Crippen molar-refractivity contribution < 1.29 is 4.79 Å². The minimum Gasteiger partial charge on any atom is -0.369 e. The van der Waals surface area contributed by atoms with Crippen LogP contribution in [0.4, 0.5) is 5.69 Å². The van der Waals surface area contributed by atoms with Crippen LogP contribution in [0.2, 0.25) is 0 Å². The number of nitriles is 1. The molecule has 21 heavy (non-hydrogen) atoms. The van der Waals surface area contributed by atoms with Gasteiger partial charge in [-0.3, -0.25) is 10.2 Å². The maximum absolute atomic E-state index is 11.5. The number of carbonyl (C=O) groups excluding carboxylic acids is 1. The SMILES string of the molecule is CN(Cc1cccc(C(=O)NN)n1)c1cccc(C#N)c1. The molecule has 1 heterocycles. The van der Waals surface area contributed by atoms with E-state index in [1.807, 2.05) is 30.1 Å². The van der Waals surface area contributed by atoms with Crippen LogP contribution in [0, 0.1) is 11.3 Å². The maximum atomic E-state index is 11.5. The summed E-state index contributed by atoms with van der Waals surface area (Å²) < 4.78 is 0. The number of anilines is 1. The predicted molar refractivity (Wildman–Crippen MR) is 79.2 cm³/mol. The molecule has 0 aliphatic carbocycles. The number of hydrogen-bond donors (Lipinski definition) is 2. The highest BCUT2D eigenvalue weighted by Crippen LogP contribution is 2.16. The number of carbonyl (C=O) groups is 1. The molecule has 0 unspecified atom stereocenters. The summed E-state index contributed by atoms with van der Waals surface area (Å²) in [7, 11) is 1.90. The molecule has 6 heteroatoms. The highest BCUT2D eigenvalue weighted by molar-refractivity contribution is 5.91. The number of benzene rings is 1. The number of aromatic nitrogens is 1. The van der Waals surface area contributed by atoms with Gasteiger partial charge in [-0.15, -0.1) is 0 Å². The average molecular weight is 281 g/mol. The van der Waals surface area contributed by atoms with Gasteiger partial charge in [0.05, 0.1) is 23.9 Å². The van der Waals surface area contributed by atoms with Gasteiger partial charge >= 0.3 is 0 Å². The number of nitrogens with zero attached hydrogens (tertiary/aromatic N) is 3. The van der Waals surface area contributed by atoms with Gasteiger partial charge < -0.3 is 4.90 Å². The van der Waals surface area contributed by atoms with Crippen LogP contribution in [-0.4, -0.2) is 17.9 Å². The zero-order chi connectivity index (χ0) is 15.2. The van der Waals surface area contributed by atoms with Crippen molar-refractivity contribution in [2.45, 2.75) is 6.54 Å². The number of nitrogen functional groups attached to an aromatic ring is 1. The first-order valence-corrected chi connectivity index (χ1v) is 6.32. The topological polar surface area (TPSA) is 95.0 Å². The largest absolute Gasteiger partial charge is 0.369 e. The van der Waals surface area contributed by atoms with Crippen molar-refractivity contribution in [3.63, 3.8) is 0 Å². The number of pyridine rings is 1. The zero-order valence-electron chi connectivity index (χ0n) is 11.6. The van der Waals surface area contributed by atoms with Gasteiger partial charge in [0.2, 0.25) is 0 Å². The third-order valence-electron chi connectivity index (χ3n) is 2.99.